The Kier molecular flexibility index (Phi) is 8.86. The van der Waals surface area contributed by atoms with Gasteiger partial charge >= 0.3 is 0 Å². The minimum atomic E-state index is 0.220. The summed E-state index contributed by atoms with van der Waals surface area (Å²) >= 11 is 3.62. The van der Waals surface area contributed by atoms with Crippen LogP contribution in [-0.4, -0.2) is 30.2 Å². The minimum absolute atomic E-state index is 0.220. The van der Waals surface area contributed by atoms with Crippen molar-refractivity contribution in [1.29, 1.82) is 0 Å². The van der Waals surface area contributed by atoms with Crippen LogP contribution in [-0.2, 0) is 0 Å². The van der Waals surface area contributed by atoms with Crippen LogP contribution >= 0.6 is 23.1 Å². The highest BCUT2D eigenvalue weighted by Gasteiger charge is 2.36. The van der Waals surface area contributed by atoms with Crippen LogP contribution in [0.5, 0.6) is 0 Å². The predicted molar refractivity (Wildman–Crippen MR) is 233 cm³/mol. The average molecular weight is 756 g/mol. The summed E-state index contributed by atoms with van der Waals surface area (Å²) in [5.74, 6) is 2.96. The monoisotopic (exact) mass is 755 g/mol. The Labute approximate surface area is 333 Å². The first kappa shape index (κ1) is 34.0. The Hall–Kier alpha value is -6.54. The van der Waals surface area contributed by atoms with Gasteiger partial charge in [0, 0.05) is 48.4 Å². The summed E-state index contributed by atoms with van der Waals surface area (Å²) in [5.41, 5.74) is 9.31. The van der Waals surface area contributed by atoms with Crippen molar-refractivity contribution in [1.82, 2.24) is 24.9 Å². The smallest absolute Gasteiger partial charge is 0.164 e. The predicted octanol–water partition coefficient (Wildman–Crippen LogP) is 12.6. The fourth-order valence-corrected chi connectivity index (χ4v) is 10.0. The Balaban J connectivity index is 0.918. The standard InChI is InChI=1S/C49H33N5S2/c1-31(16-11-13-26-40-45-43(39-23-12-14-27-41(39)55-45)51-46(50-40)32-17-5-2-6-18-32)36-24-15-25-38-37-29-28-35(30-42(37)56-44(36)38)49-53-47(33-19-7-3-8-20-33)52-48(54-49)34-21-9-4-10-22-34/h2-30,38,44H,1H2/b16-11-,26-13+. The quantitative estimate of drug-likeness (QED) is 0.144. The van der Waals surface area contributed by atoms with Crippen molar-refractivity contribution in [2.45, 2.75) is 16.1 Å². The van der Waals surface area contributed by atoms with Crippen LogP contribution in [0.3, 0.4) is 0 Å². The van der Waals surface area contributed by atoms with E-state index in [0.29, 0.717) is 17.5 Å². The molecule has 5 aromatic carbocycles. The number of thioether (sulfide) groups is 1. The van der Waals surface area contributed by atoms with Gasteiger partial charge in [0.1, 0.15) is 0 Å². The zero-order valence-electron chi connectivity index (χ0n) is 30.2. The summed E-state index contributed by atoms with van der Waals surface area (Å²) in [4.78, 5) is 26.1. The number of aromatic nitrogens is 5. The molecule has 1 aliphatic heterocycles. The van der Waals surface area contributed by atoms with E-state index in [1.54, 1.807) is 11.3 Å². The van der Waals surface area contributed by atoms with Crippen molar-refractivity contribution in [2.24, 2.45) is 0 Å². The molecule has 8 aromatic rings. The third kappa shape index (κ3) is 6.41. The molecule has 1 aliphatic carbocycles. The van der Waals surface area contributed by atoms with Gasteiger partial charge in [0.25, 0.3) is 0 Å². The first-order chi connectivity index (χ1) is 27.7. The van der Waals surface area contributed by atoms with Crippen LogP contribution in [0, 0.1) is 0 Å². The van der Waals surface area contributed by atoms with Gasteiger partial charge in [0.05, 0.1) is 15.9 Å². The molecule has 2 atom stereocenters. The van der Waals surface area contributed by atoms with E-state index in [9.17, 15) is 0 Å². The molecule has 0 fully saturated rings. The second-order valence-electron chi connectivity index (χ2n) is 13.7. The Morgan fingerprint density at radius 1 is 0.607 bits per heavy atom. The summed E-state index contributed by atoms with van der Waals surface area (Å²) in [6.07, 6.45) is 15.0. The third-order valence-corrected chi connectivity index (χ3v) is 12.7. The lowest BCUT2D eigenvalue weighted by molar-refractivity contribution is 0.852. The number of nitrogens with zero attached hydrogens (tertiary/aromatic N) is 5. The summed E-state index contributed by atoms with van der Waals surface area (Å²) in [5, 5.41) is 1.37. The first-order valence-corrected chi connectivity index (χ1v) is 20.2. The lowest BCUT2D eigenvalue weighted by Crippen LogP contribution is -2.14. The summed E-state index contributed by atoms with van der Waals surface area (Å²) < 4.78 is 2.29. The highest BCUT2D eigenvalue weighted by atomic mass is 32.2. The molecule has 3 aromatic heterocycles. The number of allylic oxidation sites excluding steroid dienone is 7. The van der Waals surface area contributed by atoms with E-state index in [1.165, 1.54) is 20.7 Å². The SMILES string of the molecule is C=C(/C=C\C=C\c1nc(-c2ccccc2)nc2c1sc1ccccc12)C1=CC=CC2c3ccc(-c4nc(-c5ccccc5)nc(-c5ccccc5)n4)cc3SC12. The second kappa shape index (κ2) is 14.6. The topological polar surface area (TPSA) is 64.5 Å². The molecule has 0 spiro atoms. The summed E-state index contributed by atoms with van der Waals surface area (Å²) in [6.45, 7) is 4.53. The summed E-state index contributed by atoms with van der Waals surface area (Å²) in [6, 6.07) is 45.5. The van der Waals surface area contributed by atoms with Crippen LogP contribution in [0.2, 0.25) is 0 Å². The van der Waals surface area contributed by atoms with Gasteiger partial charge in [-0.15, -0.1) is 23.1 Å². The van der Waals surface area contributed by atoms with E-state index in [2.05, 4.69) is 104 Å². The molecular formula is C49H33N5S2. The fraction of sp³-hybridized carbons (Fsp3) is 0.0408. The Morgan fingerprint density at radius 3 is 1.89 bits per heavy atom. The maximum Gasteiger partial charge on any atom is 0.164 e. The van der Waals surface area contributed by atoms with Gasteiger partial charge in [0.2, 0.25) is 0 Å². The van der Waals surface area contributed by atoms with Crippen molar-refractivity contribution in [2.75, 3.05) is 0 Å². The molecule has 266 valence electrons. The van der Waals surface area contributed by atoms with E-state index in [-0.39, 0.29) is 11.2 Å². The molecule has 56 heavy (non-hydrogen) atoms. The van der Waals surface area contributed by atoms with Crippen LogP contribution in [0.1, 0.15) is 17.2 Å². The lowest BCUT2D eigenvalue weighted by Gasteiger charge is -2.23. The molecule has 10 rings (SSSR count). The molecule has 2 aliphatic rings. The summed E-state index contributed by atoms with van der Waals surface area (Å²) in [7, 11) is 0. The van der Waals surface area contributed by atoms with E-state index in [4.69, 9.17) is 24.9 Å². The molecule has 0 radical (unpaired) electrons. The maximum atomic E-state index is 5.03. The fourth-order valence-electron chi connectivity index (χ4n) is 7.34. The van der Waals surface area contributed by atoms with E-state index < -0.39 is 0 Å². The average Bonchev–Trinajstić information content (AvgIpc) is 3.84. The molecule has 0 saturated carbocycles. The van der Waals surface area contributed by atoms with Gasteiger partial charge in [-0.2, -0.15) is 0 Å². The van der Waals surface area contributed by atoms with E-state index in [0.717, 1.165) is 54.9 Å². The van der Waals surface area contributed by atoms with Gasteiger partial charge in [-0.25, -0.2) is 24.9 Å². The molecule has 7 heteroatoms. The Bertz CT molecular complexity index is 2850. The van der Waals surface area contributed by atoms with Crippen molar-refractivity contribution in [3.8, 4) is 45.6 Å². The molecule has 0 N–H and O–H groups in total. The number of hydrogen-bond acceptors (Lipinski definition) is 7. The van der Waals surface area contributed by atoms with Gasteiger partial charge in [0.15, 0.2) is 23.3 Å². The van der Waals surface area contributed by atoms with Crippen LogP contribution in [0.15, 0.2) is 193 Å². The van der Waals surface area contributed by atoms with Crippen molar-refractivity contribution < 1.29 is 0 Å². The maximum absolute atomic E-state index is 5.03. The van der Waals surface area contributed by atoms with Crippen molar-refractivity contribution >= 4 is 49.5 Å². The highest BCUT2D eigenvalue weighted by Crippen LogP contribution is 2.52. The Morgan fingerprint density at radius 2 is 1.21 bits per heavy atom. The van der Waals surface area contributed by atoms with Crippen molar-refractivity contribution in [3.63, 3.8) is 0 Å². The number of rotatable bonds is 8. The molecule has 4 heterocycles. The molecule has 2 unspecified atom stereocenters. The largest absolute Gasteiger partial charge is 0.227 e. The number of benzene rings is 5. The van der Waals surface area contributed by atoms with Crippen LogP contribution < -0.4 is 0 Å². The van der Waals surface area contributed by atoms with Crippen LogP contribution in [0.25, 0.3) is 71.9 Å². The molecular weight excluding hydrogens is 723 g/mol. The van der Waals surface area contributed by atoms with Crippen molar-refractivity contribution in [3.05, 3.63) is 199 Å². The molecule has 0 amide bonds. The van der Waals surface area contributed by atoms with E-state index >= 15 is 0 Å². The van der Waals surface area contributed by atoms with E-state index in [1.807, 2.05) is 90.6 Å². The molecule has 0 bridgehead atoms. The number of thiophene rings is 1. The first-order valence-electron chi connectivity index (χ1n) is 18.5. The molecule has 5 nitrogen and oxygen atoms in total. The van der Waals surface area contributed by atoms with Gasteiger partial charge in [-0.3, -0.25) is 0 Å². The zero-order valence-corrected chi connectivity index (χ0v) is 31.8. The number of fused-ring (bicyclic) bond motifs is 6. The zero-order chi connectivity index (χ0) is 37.4. The minimum Gasteiger partial charge on any atom is -0.227 e. The van der Waals surface area contributed by atoms with Gasteiger partial charge in [-0.05, 0) is 34.9 Å². The van der Waals surface area contributed by atoms with Gasteiger partial charge in [-0.1, -0.05) is 164 Å². The van der Waals surface area contributed by atoms with Crippen LogP contribution in [0.4, 0.5) is 0 Å². The normalized spacial score (nSPS) is 16.1. The third-order valence-electron chi connectivity index (χ3n) is 10.1. The van der Waals surface area contributed by atoms with Gasteiger partial charge < -0.3 is 0 Å². The molecule has 0 saturated heterocycles. The highest BCUT2D eigenvalue weighted by molar-refractivity contribution is 8.00. The second-order valence-corrected chi connectivity index (χ2v) is 15.9. The lowest BCUT2D eigenvalue weighted by atomic mass is 9.85. The number of hydrogen-bond donors (Lipinski definition) is 0.